The molecule has 4 rings (SSSR count). The van der Waals surface area contributed by atoms with Crippen molar-refractivity contribution >= 4 is 29.4 Å². The molecule has 1 unspecified atom stereocenters. The number of imide groups is 1. The number of halogens is 1. The Hall–Kier alpha value is -2.86. The molecular weight excluding hydrogens is 390 g/mol. The van der Waals surface area contributed by atoms with Gasteiger partial charge in [-0.1, -0.05) is 54.1 Å². The van der Waals surface area contributed by atoms with Crippen LogP contribution in [-0.2, 0) is 20.5 Å². The largest absolute Gasteiger partial charge is 0.354 e. The standard InChI is InChI=1S/C22H22ClN3O3/c1-21(16-8-5-9-17(23)12-16)19(28)26(20(29)25-21)13-18(27)24-14-22(10-11-22)15-6-3-2-4-7-15/h2-9,12H,10-11,13-14H2,1H3,(H,24,27)(H,25,29). The van der Waals surface area contributed by atoms with E-state index in [1.165, 1.54) is 5.56 Å². The molecule has 150 valence electrons. The van der Waals surface area contributed by atoms with Crippen molar-refractivity contribution in [3.05, 3.63) is 70.7 Å². The number of urea groups is 1. The van der Waals surface area contributed by atoms with Crippen molar-refractivity contribution in [2.75, 3.05) is 13.1 Å². The van der Waals surface area contributed by atoms with E-state index in [1.54, 1.807) is 31.2 Å². The van der Waals surface area contributed by atoms with Gasteiger partial charge in [-0.15, -0.1) is 0 Å². The minimum Gasteiger partial charge on any atom is -0.354 e. The normalized spacial score (nSPS) is 22.3. The van der Waals surface area contributed by atoms with Crippen LogP contribution in [0.5, 0.6) is 0 Å². The van der Waals surface area contributed by atoms with Gasteiger partial charge in [0.1, 0.15) is 12.1 Å². The zero-order valence-electron chi connectivity index (χ0n) is 16.1. The Bertz CT molecular complexity index is 974. The number of amides is 4. The predicted molar refractivity (Wildman–Crippen MR) is 109 cm³/mol. The molecule has 1 aliphatic heterocycles. The van der Waals surface area contributed by atoms with Crippen molar-refractivity contribution in [2.24, 2.45) is 0 Å². The molecule has 2 aromatic rings. The van der Waals surface area contributed by atoms with Gasteiger partial charge in [-0.3, -0.25) is 14.5 Å². The van der Waals surface area contributed by atoms with E-state index in [-0.39, 0.29) is 17.9 Å². The van der Waals surface area contributed by atoms with E-state index in [2.05, 4.69) is 22.8 Å². The van der Waals surface area contributed by atoms with Gasteiger partial charge in [0.2, 0.25) is 5.91 Å². The number of carbonyl (C=O) groups excluding carboxylic acids is 3. The highest BCUT2D eigenvalue weighted by Gasteiger charge is 2.50. The van der Waals surface area contributed by atoms with Gasteiger partial charge in [0, 0.05) is 17.0 Å². The number of carbonyl (C=O) groups is 3. The van der Waals surface area contributed by atoms with Crippen LogP contribution in [0, 0.1) is 0 Å². The summed E-state index contributed by atoms with van der Waals surface area (Å²) in [5.74, 6) is -0.824. The Morgan fingerprint density at radius 2 is 1.79 bits per heavy atom. The number of nitrogens with zero attached hydrogens (tertiary/aromatic N) is 1. The second-order valence-corrected chi connectivity index (χ2v) is 8.32. The van der Waals surface area contributed by atoms with Gasteiger partial charge in [-0.25, -0.2) is 4.79 Å². The van der Waals surface area contributed by atoms with Crippen molar-refractivity contribution in [3.63, 3.8) is 0 Å². The van der Waals surface area contributed by atoms with Crippen molar-refractivity contribution < 1.29 is 14.4 Å². The third kappa shape index (κ3) is 3.60. The average Bonchev–Trinajstić information content (AvgIpc) is 3.47. The first-order valence-corrected chi connectivity index (χ1v) is 9.94. The van der Waals surface area contributed by atoms with Gasteiger partial charge in [-0.05, 0) is 43.0 Å². The summed E-state index contributed by atoms with van der Waals surface area (Å²) in [4.78, 5) is 38.8. The highest BCUT2D eigenvalue weighted by molar-refractivity contribution is 6.30. The Morgan fingerprint density at radius 1 is 1.10 bits per heavy atom. The van der Waals surface area contributed by atoms with Crippen LogP contribution in [0.25, 0.3) is 0 Å². The molecule has 0 aromatic heterocycles. The zero-order chi connectivity index (χ0) is 20.6. The van der Waals surface area contributed by atoms with Gasteiger partial charge in [0.25, 0.3) is 5.91 Å². The summed E-state index contributed by atoms with van der Waals surface area (Å²) >= 11 is 6.03. The highest BCUT2D eigenvalue weighted by Crippen LogP contribution is 2.47. The number of benzene rings is 2. The summed E-state index contributed by atoms with van der Waals surface area (Å²) in [6, 6.07) is 16.3. The lowest BCUT2D eigenvalue weighted by atomic mass is 9.92. The van der Waals surface area contributed by atoms with Crippen molar-refractivity contribution in [2.45, 2.75) is 30.7 Å². The van der Waals surface area contributed by atoms with Gasteiger partial charge >= 0.3 is 6.03 Å². The molecule has 2 aliphatic rings. The van der Waals surface area contributed by atoms with Crippen LogP contribution in [0.15, 0.2) is 54.6 Å². The molecule has 2 fully saturated rings. The second-order valence-electron chi connectivity index (χ2n) is 7.88. The molecule has 1 atom stereocenters. The van der Waals surface area contributed by atoms with Crippen LogP contribution < -0.4 is 10.6 Å². The molecule has 0 bridgehead atoms. The molecule has 1 aliphatic carbocycles. The number of hydrogen-bond donors (Lipinski definition) is 2. The minimum atomic E-state index is -1.25. The second kappa shape index (κ2) is 7.19. The Balaban J connectivity index is 1.41. The molecule has 2 aromatic carbocycles. The predicted octanol–water partition coefficient (Wildman–Crippen LogP) is 2.96. The zero-order valence-corrected chi connectivity index (χ0v) is 16.8. The monoisotopic (exact) mass is 411 g/mol. The van der Waals surface area contributed by atoms with Crippen LogP contribution in [-0.4, -0.2) is 35.8 Å². The summed E-state index contributed by atoms with van der Waals surface area (Å²) < 4.78 is 0. The third-order valence-electron chi connectivity index (χ3n) is 5.84. The van der Waals surface area contributed by atoms with E-state index >= 15 is 0 Å². The van der Waals surface area contributed by atoms with Gasteiger partial charge in [0.05, 0.1) is 0 Å². The first-order chi connectivity index (χ1) is 13.8. The van der Waals surface area contributed by atoms with Crippen LogP contribution >= 0.6 is 11.6 Å². The van der Waals surface area contributed by atoms with Crippen LogP contribution in [0.4, 0.5) is 4.79 Å². The maximum atomic E-state index is 12.9. The summed E-state index contributed by atoms with van der Waals surface area (Å²) in [5, 5.41) is 6.05. The fraction of sp³-hybridized carbons (Fsp3) is 0.318. The molecule has 29 heavy (non-hydrogen) atoms. The van der Waals surface area contributed by atoms with E-state index in [4.69, 9.17) is 11.6 Å². The fourth-order valence-corrected chi connectivity index (χ4v) is 4.00. The summed E-state index contributed by atoms with van der Waals surface area (Å²) in [5.41, 5.74) is 0.490. The number of nitrogens with one attached hydrogen (secondary N) is 2. The van der Waals surface area contributed by atoms with Crippen LogP contribution in [0.1, 0.15) is 30.9 Å². The van der Waals surface area contributed by atoms with E-state index in [0.717, 1.165) is 17.7 Å². The van der Waals surface area contributed by atoms with Crippen molar-refractivity contribution in [3.8, 4) is 0 Å². The maximum Gasteiger partial charge on any atom is 0.325 e. The van der Waals surface area contributed by atoms with Gasteiger partial charge in [-0.2, -0.15) is 0 Å². The Kier molecular flexibility index (Phi) is 4.82. The summed E-state index contributed by atoms with van der Waals surface area (Å²) in [6.07, 6.45) is 2.01. The lowest BCUT2D eigenvalue weighted by Crippen LogP contribution is -2.44. The molecular formula is C22H22ClN3O3. The molecule has 6 nitrogen and oxygen atoms in total. The summed E-state index contributed by atoms with van der Waals surface area (Å²) in [7, 11) is 0. The molecule has 1 saturated heterocycles. The quantitative estimate of drug-likeness (QED) is 0.717. The van der Waals surface area contributed by atoms with Crippen molar-refractivity contribution in [1.82, 2.24) is 15.5 Å². The molecule has 0 radical (unpaired) electrons. The molecule has 2 N–H and O–H groups in total. The summed E-state index contributed by atoms with van der Waals surface area (Å²) in [6.45, 7) is 1.79. The first-order valence-electron chi connectivity index (χ1n) is 9.56. The highest BCUT2D eigenvalue weighted by atomic mass is 35.5. The molecule has 4 amide bonds. The lowest BCUT2D eigenvalue weighted by molar-refractivity contribution is -0.134. The Morgan fingerprint density at radius 3 is 2.45 bits per heavy atom. The third-order valence-corrected chi connectivity index (χ3v) is 6.08. The molecule has 1 heterocycles. The van der Waals surface area contributed by atoms with Gasteiger partial charge in [0.15, 0.2) is 0 Å². The number of rotatable bonds is 6. The fourth-order valence-electron chi connectivity index (χ4n) is 3.81. The minimum absolute atomic E-state index is 0.0382. The van der Waals surface area contributed by atoms with E-state index < -0.39 is 17.5 Å². The number of hydrogen-bond acceptors (Lipinski definition) is 3. The lowest BCUT2D eigenvalue weighted by Gasteiger charge is -2.22. The smallest absolute Gasteiger partial charge is 0.325 e. The van der Waals surface area contributed by atoms with E-state index in [1.807, 2.05) is 18.2 Å². The van der Waals surface area contributed by atoms with Gasteiger partial charge < -0.3 is 10.6 Å². The van der Waals surface area contributed by atoms with E-state index in [9.17, 15) is 14.4 Å². The van der Waals surface area contributed by atoms with Crippen LogP contribution in [0.3, 0.4) is 0 Å². The topological polar surface area (TPSA) is 78.5 Å². The molecule has 0 spiro atoms. The first kappa shape index (κ1) is 19.5. The molecule has 7 heteroatoms. The van der Waals surface area contributed by atoms with Crippen molar-refractivity contribution in [1.29, 1.82) is 0 Å². The van der Waals surface area contributed by atoms with E-state index in [0.29, 0.717) is 17.1 Å². The Labute approximate surface area is 174 Å². The molecule has 1 saturated carbocycles. The average molecular weight is 412 g/mol. The van der Waals surface area contributed by atoms with Crippen LogP contribution in [0.2, 0.25) is 5.02 Å². The maximum absolute atomic E-state index is 12.9. The SMILES string of the molecule is CC1(c2cccc(Cl)c2)NC(=O)N(CC(=O)NCC2(c3ccccc3)CC2)C1=O.